The summed E-state index contributed by atoms with van der Waals surface area (Å²) < 4.78 is 13.4. The third-order valence-electron chi connectivity index (χ3n) is 3.75. The van der Waals surface area contributed by atoms with E-state index in [1.165, 1.54) is 6.07 Å². The zero-order valence-electron chi connectivity index (χ0n) is 11.4. The number of aliphatic hydroxyl groups is 1. The first-order valence-corrected chi connectivity index (χ1v) is 6.89. The Morgan fingerprint density at radius 1 is 1.35 bits per heavy atom. The van der Waals surface area contributed by atoms with Crippen molar-refractivity contribution in [3.05, 3.63) is 53.6 Å². The molecule has 3 nitrogen and oxygen atoms in total. The van der Waals surface area contributed by atoms with Gasteiger partial charge in [-0.1, -0.05) is 13.0 Å². The van der Waals surface area contributed by atoms with Gasteiger partial charge in [0, 0.05) is 12.2 Å². The molecule has 0 saturated heterocycles. The molecule has 0 unspecified atom stereocenters. The first-order valence-electron chi connectivity index (χ1n) is 6.89. The first kappa shape index (κ1) is 13.1. The molecule has 1 aliphatic heterocycles. The Hall–Kier alpha value is -1.94. The number of benzene rings is 1. The average molecular weight is 272 g/mol. The third-order valence-corrected chi connectivity index (χ3v) is 3.75. The van der Waals surface area contributed by atoms with Crippen molar-refractivity contribution in [3.63, 3.8) is 0 Å². The Labute approximate surface area is 117 Å². The van der Waals surface area contributed by atoms with Gasteiger partial charge in [-0.25, -0.2) is 4.39 Å². The smallest absolute Gasteiger partial charge is 0.125 e. The number of aromatic nitrogens is 1. The lowest BCUT2D eigenvalue weighted by Crippen LogP contribution is -2.14. The number of halogens is 1. The molecular weight excluding hydrogens is 255 g/mol. The van der Waals surface area contributed by atoms with Gasteiger partial charge < -0.3 is 10.0 Å². The zero-order valence-corrected chi connectivity index (χ0v) is 11.4. The lowest BCUT2D eigenvalue weighted by Gasteiger charge is -2.19. The van der Waals surface area contributed by atoms with Gasteiger partial charge in [-0.15, -0.1) is 0 Å². The average Bonchev–Trinajstić information content (AvgIpc) is 2.89. The SMILES string of the molecule is CC[C@H](O)c1ccc(N2CCc3ccc(F)cc32)cn1. The predicted octanol–water partition coefficient (Wildman–Crippen LogP) is 3.36. The van der Waals surface area contributed by atoms with E-state index in [1.54, 1.807) is 12.3 Å². The van der Waals surface area contributed by atoms with Crippen LogP contribution in [-0.4, -0.2) is 16.6 Å². The number of hydrogen-bond donors (Lipinski definition) is 1. The van der Waals surface area contributed by atoms with Crippen molar-refractivity contribution in [1.82, 2.24) is 4.98 Å². The van der Waals surface area contributed by atoms with Crippen molar-refractivity contribution < 1.29 is 9.50 Å². The Kier molecular flexibility index (Phi) is 3.40. The summed E-state index contributed by atoms with van der Waals surface area (Å²) >= 11 is 0. The van der Waals surface area contributed by atoms with Crippen LogP contribution >= 0.6 is 0 Å². The second-order valence-corrected chi connectivity index (χ2v) is 5.04. The monoisotopic (exact) mass is 272 g/mol. The second-order valence-electron chi connectivity index (χ2n) is 5.04. The molecule has 0 fully saturated rings. The third kappa shape index (κ3) is 2.27. The number of rotatable bonds is 3. The first-order chi connectivity index (χ1) is 9.69. The summed E-state index contributed by atoms with van der Waals surface area (Å²) in [5.74, 6) is -0.221. The van der Waals surface area contributed by atoms with Crippen molar-refractivity contribution in [2.75, 3.05) is 11.4 Å². The highest BCUT2D eigenvalue weighted by Gasteiger charge is 2.21. The molecule has 1 aromatic heterocycles. The molecule has 4 heteroatoms. The Morgan fingerprint density at radius 3 is 2.90 bits per heavy atom. The van der Waals surface area contributed by atoms with Gasteiger partial charge in [-0.05, 0) is 42.7 Å². The highest BCUT2D eigenvalue weighted by molar-refractivity contribution is 5.69. The van der Waals surface area contributed by atoms with E-state index in [-0.39, 0.29) is 5.82 Å². The molecule has 1 aliphatic rings. The number of hydrogen-bond acceptors (Lipinski definition) is 3. The van der Waals surface area contributed by atoms with E-state index in [0.717, 1.165) is 29.9 Å². The van der Waals surface area contributed by atoms with Gasteiger partial charge in [0.05, 0.1) is 23.7 Å². The predicted molar refractivity (Wildman–Crippen MR) is 76.6 cm³/mol. The topological polar surface area (TPSA) is 36.4 Å². The van der Waals surface area contributed by atoms with Crippen molar-refractivity contribution >= 4 is 11.4 Å². The summed E-state index contributed by atoms with van der Waals surface area (Å²) in [4.78, 5) is 6.37. The molecule has 1 aromatic carbocycles. The van der Waals surface area contributed by atoms with Crippen LogP contribution in [-0.2, 0) is 6.42 Å². The molecule has 1 N–H and O–H groups in total. The van der Waals surface area contributed by atoms with E-state index in [2.05, 4.69) is 9.88 Å². The summed E-state index contributed by atoms with van der Waals surface area (Å²) in [6.07, 6.45) is 2.78. The molecule has 0 aliphatic carbocycles. The largest absolute Gasteiger partial charge is 0.387 e. The van der Waals surface area contributed by atoms with Crippen LogP contribution in [0.3, 0.4) is 0 Å². The van der Waals surface area contributed by atoms with E-state index >= 15 is 0 Å². The Bertz CT molecular complexity index is 612. The maximum atomic E-state index is 13.4. The van der Waals surface area contributed by atoms with Gasteiger partial charge >= 0.3 is 0 Å². The standard InChI is InChI=1S/C16H17FN2O/c1-2-16(20)14-6-5-13(10-18-14)19-8-7-11-3-4-12(17)9-15(11)19/h3-6,9-10,16,20H,2,7-8H2,1H3/t16-/m0/s1. The molecule has 3 rings (SSSR count). The minimum absolute atomic E-state index is 0.221. The van der Waals surface area contributed by atoms with E-state index < -0.39 is 6.10 Å². The van der Waals surface area contributed by atoms with Crippen LogP contribution in [0.15, 0.2) is 36.5 Å². The van der Waals surface area contributed by atoms with E-state index in [0.29, 0.717) is 12.1 Å². The molecule has 0 saturated carbocycles. The van der Waals surface area contributed by atoms with Gasteiger partial charge in [0.2, 0.25) is 0 Å². The van der Waals surface area contributed by atoms with Crippen LogP contribution in [0.5, 0.6) is 0 Å². The van der Waals surface area contributed by atoms with Gasteiger partial charge in [-0.3, -0.25) is 4.98 Å². The molecule has 0 bridgehead atoms. The highest BCUT2D eigenvalue weighted by Crippen LogP contribution is 2.34. The summed E-state index contributed by atoms with van der Waals surface area (Å²) in [5, 5.41) is 9.75. The van der Waals surface area contributed by atoms with Crippen LogP contribution in [0.1, 0.15) is 30.7 Å². The van der Waals surface area contributed by atoms with Gasteiger partial charge in [-0.2, -0.15) is 0 Å². The van der Waals surface area contributed by atoms with Crippen LogP contribution in [0, 0.1) is 5.82 Å². The van der Waals surface area contributed by atoms with Crippen molar-refractivity contribution in [2.45, 2.75) is 25.9 Å². The fourth-order valence-electron chi connectivity index (χ4n) is 2.58. The number of anilines is 2. The zero-order chi connectivity index (χ0) is 14.1. The Balaban J connectivity index is 1.90. The molecule has 0 spiro atoms. The summed E-state index contributed by atoms with van der Waals surface area (Å²) in [6.45, 7) is 2.75. The Morgan fingerprint density at radius 2 is 2.20 bits per heavy atom. The minimum Gasteiger partial charge on any atom is -0.387 e. The van der Waals surface area contributed by atoms with Gasteiger partial charge in [0.25, 0.3) is 0 Å². The fraction of sp³-hybridized carbons (Fsp3) is 0.312. The molecule has 0 radical (unpaired) electrons. The molecule has 2 heterocycles. The summed E-state index contributed by atoms with van der Waals surface area (Å²) in [7, 11) is 0. The number of fused-ring (bicyclic) bond motifs is 1. The van der Waals surface area contributed by atoms with Gasteiger partial charge in [0.15, 0.2) is 0 Å². The van der Waals surface area contributed by atoms with Gasteiger partial charge in [0.1, 0.15) is 5.82 Å². The molecule has 2 aromatic rings. The number of aliphatic hydroxyl groups excluding tert-OH is 1. The molecule has 104 valence electrons. The lowest BCUT2D eigenvalue weighted by molar-refractivity contribution is 0.169. The number of pyridine rings is 1. The summed E-state index contributed by atoms with van der Waals surface area (Å²) in [6, 6.07) is 8.67. The molecule has 1 atom stereocenters. The lowest BCUT2D eigenvalue weighted by atomic mass is 10.1. The van der Waals surface area contributed by atoms with E-state index in [1.807, 2.05) is 25.1 Å². The molecule has 0 amide bonds. The van der Waals surface area contributed by atoms with Crippen molar-refractivity contribution in [3.8, 4) is 0 Å². The van der Waals surface area contributed by atoms with Crippen LogP contribution in [0.25, 0.3) is 0 Å². The van der Waals surface area contributed by atoms with Crippen LogP contribution in [0.2, 0.25) is 0 Å². The van der Waals surface area contributed by atoms with E-state index in [9.17, 15) is 9.50 Å². The van der Waals surface area contributed by atoms with Crippen molar-refractivity contribution in [2.24, 2.45) is 0 Å². The van der Waals surface area contributed by atoms with E-state index in [4.69, 9.17) is 0 Å². The van der Waals surface area contributed by atoms with Crippen LogP contribution in [0.4, 0.5) is 15.8 Å². The molecule has 20 heavy (non-hydrogen) atoms. The number of nitrogens with zero attached hydrogens (tertiary/aromatic N) is 2. The van der Waals surface area contributed by atoms with Crippen LogP contribution < -0.4 is 4.90 Å². The quantitative estimate of drug-likeness (QED) is 0.930. The second kappa shape index (κ2) is 5.21. The summed E-state index contributed by atoms with van der Waals surface area (Å²) in [5.41, 5.74) is 3.68. The maximum Gasteiger partial charge on any atom is 0.125 e. The minimum atomic E-state index is -0.521. The van der Waals surface area contributed by atoms with Crippen molar-refractivity contribution in [1.29, 1.82) is 0 Å². The highest BCUT2D eigenvalue weighted by atomic mass is 19.1. The normalized spacial score (nSPS) is 15.2. The molecular formula is C16H17FN2O. The fourth-order valence-corrected chi connectivity index (χ4v) is 2.58. The maximum absolute atomic E-state index is 13.4.